The standard InChI is InChI=1S/C16H18N4O4/c1-11(18-19-7-9-24-10-8-19)13-14(21)17-16(23)20(15(13)22)12-5-3-2-4-6-12/h2-6,22H,7-10H2,1H3,(H,17,21,23)/b18-11+. The van der Waals surface area contributed by atoms with Crippen LogP contribution in [0.1, 0.15) is 12.5 Å². The molecule has 0 atom stereocenters. The molecule has 1 aliphatic rings. The number of nitrogens with one attached hydrogen (secondary N) is 1. The van der Waals surface area contributed by atoms with E-state index in [0.717, 1.165) is 4.57 Å². The fourth-order valence-corrected chi connectivity index (χ4v) is 2.58. The third-order valence-electron chi connectivity index (χ3n) is 3.74. The number of rotatable bonds is 3. The van der Waals surface area contributed by atoms with Gasteiger partial charge in [-0.3, -0.25) is 14.8 Å². The number of aromatic nitrogens is 2. The van der Waals surface area contributed by atoms with Gasteiger partial charge in [-0.25, -0.2) is 9.36 Å². The highest BCUT2D eigenvalue weighted by Crippen LogP contribution is 2.17. The molecule has 2 aromatic rings. The molecule has 2 N–H and O–H groups in total. The Morgan fingerprint density at radius 1 is 1.21 bits per heavy atom. The Bertz CT molecular complexity index is 864. The van der Waals surface area contributed by atoms with Crippen molar-refractivity contribution in [2.24, 2.45) is 5.10 Å². The average Bonchev–Trinajstić information content (AvgIpc) is 2.56. The smallest absolute Gasteiger partial charge is 0.335 e. The van der Waals surface area contributed by atoms with Crippen LogP contribution in [-0.4, -0.2) is 51.7 Å². The SMILES string of the molecule is C/C(=N\N1CCOCC1)c1c(O)n(-c2ccccc2)c(=O)[nH]c1=O. The van der Waals surface area contributed by atoms with Crippen molar-refractivity contribution in [1.82, 2.24) is 14.6 Å². The van der Waals surface area contributed by atoms with E-state index in [1.165, 1.54) is 0 Å². The topological polar surface area (TPSA) is 99.9 Å². The van der Waals surface area contributed by atoms with E-state index in [1.54, 1.807) is 42.3 Å². The second-order valence-electron chi connectivity index (χ2n) is 5.38. The Morgan fingerprint density at radius 3 is 2.54 bits per heavy atom. The summed E-state index contributed by atoms with van der Waals surface area (Å²) in [6, 6.07) is 8.60. The van der Waals surface area contributed by atoms with Crippen molar-refractivity contribution < 1.29 is 9.84 Å². The number of morpholine rings is 1. The molecule has 0 saturated carbocycles. The van der Waals surface area contributed by atoms with Gasteiger partial charge < -0.3 is 9.84 Å². The largest absolute Gasteiger partial charge is 0.493 e. The molecule has 0 radical (unpaired) electrons. The Morgan fingerprint density at radius 2 is 1.88 bits per heavy atom. The number of ether oxygens (including phenoxy) is 1. The number of aromatic hydroxyl groups is 1. The van der Waals surface area contributed by atoms with Gasteiger partial charge in [0.2, 0.25) is 5.88 Å². The lowest BCUT2D eigenvalue weighted by atomic mass is 10.2. The first-order valence-electron chi connectivity index (χ1n) is 7.60. The Hall–Kier alpha value is -2.87. The number of hydrogen-bond donors (Lipinski definition) is 2. The van der Waals surface area contributed by atoms with Crippen LogP contribution in [0.5, 0.6) is 5.88 Å². The van der Waals surface area contributed by atoms with Gasteiger partial charge in [0.1, 0.15) is 5.56 Å². The molecular weight excluding hydrogens is 312 g/mol. The molecule has 3 rings (SSSR count). The summed E-state index contributed by atoms with van der Waals surface area (Å²) >= 11 is 0. The van der Waals surface area contributed by atoms with E-state index in [4.69, 9.17) is 4.74 Å². The number of aromatic amines is 1. The second-order valence-corrected chi connectivity index (χ2v) is 5.38. The lowest BCUT2D eigenvalue weighted by Gasteiger charge is -2.24. The van der Waals surface area contributed by atoms with E-state index < -0.39 is 17.1 Å². The third kappa shape index (κ3) is 3.09. The van der Waals surface area contributed by atoms with Crippen LogP contribution in [0, 0.1) is 0 Å². The van der Waals surface area contributed by atoms with Gasteiger partial charge in [-0.2, -0.15) is 5.10 Å². The first-order valence-corrected chi connectivity index (χ1v) is 7.60. The van der Waals surface area contributed by atoms with Crippen LogP contribution in [0.25, 0.3) is 5.69 Å². The minimum atomic E-state index is -0.702. The quantitative estimate of drug-likeness (QED) is 0.788. The predicted octanol–water partition coefficient (Wildman–Crippen LogP) is 0.288. The molecule has 126 valence electrons. The lowest BCUT2D eigenvalue weighted by Crippen LogP contribution is -2.35. The summed E-state index contributed by atoms with van der Waals surface area (Å²) in [5, 5.41) is 16.7. The fourth-order valence-electron chi connectivity index (χ4n) is 2.58. The molecule has 1 aliphatic heterocycles. The van der Waals surface area contributed by atoms with Crippen LogP contribution < -0.4 is 11.2 Å². The average molecular weight is 330 g/mol. The van der Waals surface area contributed by atoms with E-state index in [2.05, 4.69) is 10.1 Å². The zero-order valence-corrected chi connectivity index (χ0v) is 13.2. The molecule has 0 aliphatic carbocycles. The molecule has 1 saturated heterocycles. The number of H-pyrrole nitrogens is 1. The summed E-state index contributed by atoms with van der Waals surface area (Å²) in [5.74, 6) is -0.426. The molecule has 0 spiro atoms. The number of benzene rings is 1. The van der Waals surface area contributed by atoms with Gasteiger partial charge in [-0.1, -0.05) is 18.2 Å². The molecule has 2 heterocycles. The van der Waals surface area contributed by atoms with Crippen molar-refractivity contribution in [2.45, 2.75) is 6.92 Å². The molecular formula is C16H18N4O4. The molecule has 24 heavy (non-hydrogen) atoms. The predicted molar refractivity (Wildman–Crippen MR) is 88.9 cm³/mol. The van der Waals surface area contributed by atoms with Gasteiger partial charge in [0, 0.05) is 0 Å². The van der Waals surface area contributed by atoms with Crippen LogP contribution in [-0.2, 0) is 4.74 Å². The zero-order chi connectivity index (χ0) is 17.1. The number of hydrogen-bond acceptors (Lipinski definition) is 6. The van der Waals surface area contributed by atoms with Crippen molar-refractivity contribution in [2.75, 3.05) is 26.3 Å². The first-order chi connectivity index (χ1) is 11.6. The first kappa shape index (κ1) is 16.0. The minimum Gasteiger partial charge on any atom is -0.493 e. The van der Waals surface area contributed by atoms with Gasteiger partial charge in [-0.05, 0) is 19.1 Å². The van der Waals surface area contributed by atoms with E-state index in [-0.39, 0.29) is 5.56 Å². The van der Waals surface area contributed by atoms with Crippen LogP contribution >= 0.6 is 0 Å². The van der Waals surface area contributed by atoms with Crippen LogP contribution in [0.4, 0.5) is 0 Å². The van der Waals surface area contributed by atoms with E-state index in [9.17, 15) is 14.7 Å². The maximum Gasteiger partial charge on any atom is 0.335 e. The zero-order valence-electron chi connectivity index (χ0n) is 13.2. The van der Waals surface area contributed by atoms with Gasteiger partial charge in [-0.15, -0.1) is 0 Å². The molecule has 0 unspecified atom stereocenters. The van der Waals surface area contributed by atoms with Gasteiger partial charge >= 0.3 is 5.69 Å². The number of para-hydroxylation sites is 1. The molecule has 8 nitrogen and oxygen atoms in total. The number of hydrazone groups is 1. The van der Waals surface area contributed by atoms with E-state index in [0.29, 0.717) is 37.7 Å². The number of nitrogens with zero attached hydrogens (tertiary/aromatic N) is 3. The van der Waals surface area contributed by atoms with Crippen molar-refractivity contribution in [3.63, 3.8) is 0 Å². The minimum absolute atomic E-state index is 0.0232. The molecule has 1 aromatic heterocycles. The van der Waals surface area contributed by atoms with Crippen molar-refractivity contribution in [3.05, 3.63) is 56.7 Å². The molecule has 0 bridgehead atoms. The van der Waals surface area contributed by atoms with Gasteiger partial charge in [0.25, 0.3) is 5.56 Å². The highest BCUT2D eigenvalue weighted by atomic mass is 16.5. The van der Waals surface area contributed by atoms with E-state index >= 15 is 0 Å². The normalized spacial score (nSPS) is 15.5. The van der Waals surface area contributed by atoms with Crippen molar-refractivity contribution >= 4 is 5.71 Å². The molecule has 1 fully saturated rings. The maximum atomic E-state index is 12.2. The second kappa shape index (κ2) is 6.71. The van der Waals surface area contributed by atoms with Gasteiger partial charge in [0.05, 0.1) is 37.7 Å². The summed E-state index contributed by atoms with van der Waals surface area (Å²) in [4.78, 5) is 26.5. The summed E-state index contributed by atoms with van der Waals surface area (Å²) in [6.07, 6.45) is 0. The Balaban J connectivity index is 2.10. The highest BCUT2D eigenvalue weighted by molar-refractivity contribution is 6.00. The molecule has 0 amide bonds. The summed E-state index contributed by atoms with van der Waals surface area (Å²) in [5.41, 5.74) is -0.604. The summed E-state index contributed by atoms with van der Waals surface area (Å²) in [7, 11) is 0. The lowest BCUT2D eigenvalue weighted by molar-refractivity contribution is 0.0393. The van der Waals surface area contributed by atoms with Crippen molar-refractivity contribution in [1.29, 1.82) is 0 Å². The summed E-state index contributed by atoms with van der Waals surface area (Å²) in [6.45, 7) is 3.95. The van der Waals surface area contributed by atoms with Crippen LogP contribution in [0.2, 0.25) is 0 Å². The highest BCUT2D eigenvalue weighted by Gasteiger charge is 2.19. The maximum absolute atomic E-state index is 12.2. The summed E-state index contributed by atoms with van der Waals surface area (Å²) < 4.78 is 6.30. The third-order valence-corrected chi connectivity index (χ3v) is 3.74. The monoisotopic (exact) mass is 330 g/mol. The van der Waals surface area contributed by atoms with Crippen LogP contribution in [0.3, 0.4) is 0 Å². The molecule has 8 heteroatoms. The Kier molecular flexibility index (Phi) is 4.48. The van der Waals surface area contributed by atoms with Crippen molar-refractivity contribution in [3.8, 4) is 11.6 Å². The molecule has 1 aromatic carbocycles. The van der Waals surface area contributed by atoms with Gasteiger partial charge in [0.15, 0.2) is 0 Å². The Labute approximate surface area is 137 Å². The van der Waals surface area contributed by atoms with Crippen LogP contribution in [0.15, 0.2) is 45.0 Å². The van der Waals surface area contributed by atoms with E-state index in [1.807, 2.05) is 0 Å². The fraction of sp³-hybridized carbons (Fsp3) is 0.312.